The van der Waals surface area contributed by atoms with E-state index >= 15 is 0 Å². The number of halogens is 3. The molecule has 0 spiro atoms. The summed E-state index contributed by atoms with van der Waals surface area (Å²) in [4.78, 5) is 10.1. The van der Waals surface area contributed by atoms with Crippen molar-refractivity contribution in [2.45, 2.75) is 12.6 Å². The van der Waals surface area contributed by atoms with E-state index in [9.17, 15) is 18.0 Å². The van der Waals surface area contributed by atoms with Gasteiger partial charge in [-0.3, -0.25) is 4.79 Å². The smallest absolute Gasteiger partial charge is 0.419 e. The van der Waals surface area contributed by atoms with Gasteiger partial charge in [-0.25, -0.2) is 0 Å². The Morgan fingerprint density at radius 1 is 1.54 bits per heavy atom. The lowest BCUT2D eigenvalue weighted by Gasteiger charge is -1.99. The number of carboxylic acid groups (broad SMARTS) is 1. The molecule has 1 aromatic heterocycles. The van der Waals surface area contributed by atoms with Crippen molar-refractivity contribution >= 4 is 5.97 Å². The van der Waals surface area contributed by atoms with Gasteiger partial charge < -0.3 is 9.52 Å². The molecule has 0 aliphatic rings. The predicted octanol–water partition coefficient (Wildman–Crippen LogP) is 1.93. The molecule has 0 fully saturated rings. The molecule has 0 saturated carbocycles. The summed E-state index contributed by atoms with van der Waals surface area (Å²) in [5.41, 5.74) is -0.969. The van der Waals surface area contributed by atoms with Crippen LogP contribution >= 0.6 is 0 Å². The van der Waals surface area contributed by atoms with E-state index in [0.29, 0.717) is 12.3 Å². The van der Waals surface area contributed by atoms with Gasteiger partial charge in [0.15, 0.2) is 0 Å². The summed E-state index contributed by atoms with van der Waals surface area (Å²) in [7, 11) is 0. The van der Waals surface area contributed by atoms with E-state index in [-0.39, 0.29) is 5.76 Å². The third-order valence-corrected chi connectivity index (χ3v) is 1.31. The number of hydrogen-bond acceptors (Lipinski definition) is 2. The Bertz CT molecular complexity index is 313. The molecule has 1 aromatic rings. The molecule has 0 aliphatic carbocycles. The van der Waals surface area contributed by atoms with Crippen molar-refractivity contribution in [1.29, 1.82) is 0 Å². The zero-order valence-electron chi connectivity index (χ0n) is 6.26. The van der Waals surface area contributed by atoms with Crippen molar-refractivity contribution in [3.8, 4) is 0 Å². The first-order valence-corrected chi connectivity index (χ1v) is 3.26. The molecule has 72 valence electrons. The average Bonchev–Trinajstić information content (AvgIpc) is 2.32. The molecule has 1 heterocycles. The minimum Gasteiger partial charge on any atom is -0.481 e. The maximum absolute atomic E-state index is 11.9. The number of carbonyl (C=O) groups is 1. The second-order valence-electron chi connectivity index (χ2n) is 2.37. The van der Waals surface area contributed by atoms with Crippen molar-refractivity contribution in [1.82, 2.24) is 0 Å². The quantitative estimate of drug-likeness (QED) is 0.782. The van der Waals surface area contributed by atoms with Gasteiger partial charge in [-0.05, 0) is 6.07 Å². The fourth-order valence-corrected chi connectivity index (χ4v) is 0.771. The molecular formula is C7H5F3O3. The van der Waals surface area contributed by atoms with Crippen LogP contribution in [0.4, 0.5) is 13.2 Å². The van der Waals surface area contributed by atoms with Gasteiger partial charge in [0.2, 0.25) is 0 Å². The van der Waals surface area contributed by atoms with E-state index in [0.717, 1.165) is 0 Å². The Hall–Kier alpha value is -1.46. The van der Waals surface area contributed by atoms with Crippen LogP contribution in [-0.4, -0.2) is 11.1 Å². The maximum Gasteiger partial charge on any atom is 0.419 e. The lowest BCUT2D eigenvalue weighted by Crippen LogP contribution is -2.03. The monoisotopic (exact) mass is 194 g/mol. The molecule has 0 aromatic carbocycles. The van der Waals surface area contributed by atoms with Gasteiger partial charge in [-0.15, -0.1) is 0 Å². The van der Waals surface area contributed by atoms with E-state index in [1.807, 2.05) is 0 Å². The number of hydrogen-bond donors (Lipinski definition) is 1. The van der Waals surface area contributed by atoms with Crippen molar-refractivity contribution in [2.24, 2.45) is 0 Å². The highest BCUT2D eigenvalue weighted by molar-refractivity contribution is 5.69. The Morgan fingerprint density at radius 3 is 2.54 bits per heavy atom. The van der Waals surface area contributed by atoms with E-state index in [2.05, 4.69) is 4.42 Å². The first kappa shape index (κ1) is 9.63. The Labute approximate surface area is 70.8 Å². The van der Waals surface area contributed by atoms with Crippen LogP contribution in [0.5, 0.6) is 0 Å². The third kappa shape index (κ3) is 2.50. The van der Waals surface area contributed by atoms with Gasteiger partial charge in [0.25, 0.3) is 0 Å². The topological polar surface area (TPSA) is 50.4 Å². The van der Waals surface area contributed by atoms with Gasteiger partial charge >= 0.3 is 12.1 Å². The zero-order valence-corrected chi connectivity index (χ0v) is 6.26. The highest BCUT2D eigenvalue weighted by Gasteiger charge is 2.32. The molecule has 0 aliphatic heterocycles. The third-order valence-electron chi connectivity index (χ3n) is 1.31. The summed E-state index contributed by atoms with van der Waals surface area (Å²) in [5.74, 6) is -1.44. The number of aliphatic carboxylic acids is 1. The molecule has 3 nitrogen and oxygen atoms in total. The van der Waals surface area contributed by atoms with Gasteiger partial charge in [-0.2, -0.15) is 13.2 Å². The zero-order chi connectivity index (χ0) is 10.1. The first-order valence-electron chi connectivity index (χ1n) is 3.26. The van der Waals surface area contributed by atoms with E-state index in [1.54, 1.807) is 0 Å². The lowest BCUT2D eigenvalue weighted by atomic mass is 10.2. The molecule has 0 saturated heterocycles. The molecule has 0 atom stereocenters. The summed E-state index contributed by atoms with van der Waals surface area (Å²) in [6, 6.07) is 0.675. The van der Waals surface area contributed by atoms with Crippen LogP contribution in [0.2, 0.25) is 0 Å². The van der Waals surface area contributed by atoms with Gasteiger partial charge in [0.05, 0.1) is 5.56 Å². The summed E-state index contributed by atoms with van der Waals surface area (Å²) < 4.78 is 40.2. The molecule has 0 bridgehead atoms. The first-order chi connectivity index (χ1) is 5.89. The molecule has 6 heteroatoms. The molecule has 1 N–H and O–H groups in total. The minimum absolute atomic E-state index is 0.208. The van der Waals surface area contributed by atoms with E-state index < -0.39 is 24.1 Å². The van der Waals surface area contributed by atoms with Crippen LogP contribution in [0.3, 0.4) is 0 Å². The Kier molecular flexibility index (Phi) is 2.31. The molecule has 0 amide bonds. The van der Waals surface area contributed by atoms with Crippen molar-refractivity contribution in [3.63, 3.8) is 0 Å². The van der Waals surface area contributed by atoms with Gasteiger partial charge in [0.1, 0.15) is 18.4 Å². The second-order valence-corrected chi connectivity index (χ2v) is 2.37. The number of rotatable bonds is 2. The van der Waals surface area contributed by atoms with Crippen LogP contribution in [0.15, 0.2) is 16.7 Å². The fraction of sp³-hybridized carbons (Fsp3) is 0.286. The van der Waals surface area contributed by atoms with Crippen LogP contribution in [0.1, 0.15) is 11.3 Å². The number of furan rings is 1. The van der Waals surface area contributed by atoms with Crippen LogP contribution in [0.25, 0.3) is 0 Å². The van der Waals surface area contributed by atoms with Crippen LogP contribution in [0, 0.1) is 0 Å². The SMILES string of the molecule is O=C(O)Cc1cc(C(F)(F)F)co1. The summed E-state index contributed by atoms with van der Waals surface area (Å²) in [5, 5.41) is 8.24. The van der Waals surface area contributed by atoms with Crippen molar-refractivity contribution in [2.75, 3.05) is 0 Å². The highest BCUT2D eigenvalue weighted by Crippen LogP contribution is 2.30. The Balaban J connectivity index is 2.81. The normalized spacial score (nSPS) is 11.6. The molecule has 1 rings (SSSR count). The fourth-order valence-electron chi connectivity index (χ4n) is 0.771. The number of alkyl halides is 3. The molecule has 13 heavy (non-hydrogen) atoms. The molecule has 0 unspecified atom stereocenters. The van der Waals surface area contributed by atoms with Crippen molar-refractivity contribution < 1.29 is 27.5 Å². The van der Waals surface area contributed by atoms with Crippen molar-refractivity contribution in [3.05, 3.63) is 23.7 Å². The maximum atomic E-state index is 11.9. The predicted molar refractivity (Wildman–Crippen MR) is 35.0 cm³/mol. The van der Waals surface area contributed by atoms with E-state index in [4.69, 9.17) is 5.11 Å². The number of carboxylic acids is 1. The minimum atomic E-state index is -4.49. The molecular weight excluding hydrogens is 189 g/mol. The summed E-state index contributed by atoms with van der Waals surface area (Å²) >= 11 is 0. The van der Waals surface area contributed by atoms with Gasteiger partial charge in [-0.1, -0.05) is 0 Å². The lowest BCUT2D eigenvalue weighted by molar-refractivity contribution is -0.138. The Morgan fingerprint density at radius 2 is 2.15 bits per heavy atom. The summed E-state index contributed by atoms with van der Waals surface area (Å²) in [6.45, 7) is 0. The summed E-state index contributed by atoms with van der Waals surface area (Å²) in [6.07, 6.45) is -4.53. The van der Waals surface area contributed by atoms with Gasteiger partial charge in [0, 0.05) is 0 Å². The van der Waals surface area contributed by atoms with E-state index in [1.165, 1.54) is 0 Å². The standard InChI is InChI=1S/C7H5F3O3/c8-7(9,10)4-1-5(13-3-4)2-6(11)12/h1,3H,2H2,(H,11,12). The second kappa shape index (κ2) is 3.12. The largest absolute Gasteiger partial charge is 0.481 e. The van der Waals surface area contributed by atoms with Crippen LogP contribution in [-0.2, 0) is 17.4 Å². The highest BCUT2D eigenvalue weighted by atomic mass is 19.4. The van der Waals surface area contributed by atoms with Crippen LogP contribution < -0.4 is 0 Å². The molecule has 0 radical (unpaired) electrons. The average molecular weight is 194 g/mol.